The highest BCUT2D eigenvalue weighted by atomic mass is 32.2. The van der Waals surface area contributed by atoms with E-state index in [1.54, 1.807) is 51.6 Å². The zero-order chi connectivity index (χ0) is 31.0. The van der Waals surface area contributed by atoms with E-state index in [0.717, 1.165) is 18.8 Å². The number of ether oxygens (including phenoxy) is 2. The second-order valence-electron chi connectivity index (χ2n) is 10.8. The molecular formula is C29H32FN7O6S. The van der Waals surface area contributed by atoms with Crippen LogP contribution in [0.2, 0.25) is 0 Å². The molecule has 0 bridgehead atoms. The Morgan fingerprint density at radius 1 is 1.05 bits per heavy atom. The van der Waals surface area contributed by atoms with Gasteiger partial charge in [0, 0.05) is 26.2 Å². The van der Waals surface area contributed by atoms with Crippen LogP contribution in [0.15, 0.2) is 47.1 Å². The Hall–Kier alpha value is -4.53. The quantitative estimate of drug-likeness (QED) is 0.271. The molecule has 15 heteroatoms. The molecule has 2 fully saturated rings. The van der Waals surface area contributed by atoms with Crippen LogP contribution < -0.4 is 14.4 Å². The van der Waals surface area contributed by atoms with Gasteiger partial charge in [0.2, 0.25) is 17.7 Å². The molecule has 0 spiro atoms. The van der Waals surface area contributed by atoms with E-state index in [4.69, 9.17) is 13.9 Å². The lowest BCUT2D eigenvalue weighted by molar-refractivity contribution is -0.139. The minimum absolute atomic E-state index is 0.0219. The molecule has 0 N–H and O–H groups in total. The van der Waals surface area contributed by atoms with Crippen LogP contribution >= 0.6 is 0 Å². The number of rotatable bonds is 9. The maximum atomic E-state index is 14.2. The van der Waals surface area contributed by atoms with Crippen molar-refractivity contribution in [2.45, 2.75) is 30.8 Å². The van der Waals surface area contributed by atoms with Gasteiger partial charge in [-0.25, -0.2) is 22.8 Å². The summed E-state index contributed by atoms with van der Waals surface area (Å²) in [5, 5.41) is 7.66. The van der Waals surface area contributed by atoms with Crippen molar-refractivity contribution < 1.29 is 31.5 Å². The van der Waals surface area contributed by atoms with Gasteiger partial charge in [-0.15, -0.1) is 10.2 Å². The molecule has 0 radical (unpaired) electrons. The molecule has 13 nitrogen and oxygen atoms in total. The van der Waals surface area contributed by atoms with E-state index in [9.17, 15) is 17.6 Å². The Balaban J connectivity index is 1.40. The number of aryl methyl sites for hydroxylation is 1. The van der Waals surface area contributed by atoms with Crippen molar-refractivity contribution in [2.75, 3.05) is 45.3 Å². The summed E-state index contributed by atoms with van der Waals surface area (Å²) in [4.78, 5) is 24.8. The highest BCUT2D eigenvalue weighted by Crippen LogP contribution is 2.38. The number of para-hydroxylation sites is 1. The third kappa shape index (κ3) is 5.58. The van der Waals surface area contributed by atoms with Gasteiger partial charge in [-0.3, -0.25) is 9.36 Å². The number of halogens is 1. The number of furan rings is 1. The first kappa shape index (κ1) is 29.5. The lowest BCUT2D eigenvalue weighted by atomic mass is 9.95. The number of methoxy groups -OCH3 is 2. The Labute approximate surface area is 253 Å². The first-order valence-corrected chi connectivity index (χ1v) is 15.9. The van der Waals surface area contributed by atoms with Crippen LogP contribution in [0.3, 0.4) is 0 Å². The summed E-state index contributed by atoms with van der Waals surface area (Å²) in [6, 6.07) is 8.70. The molecule has 2 saturated heterocycles. The monoisotopic (exact) mass is 625 g/mol. The number of carbonyl (C=O) groups excluding carboxylic acids is 1. The Bertz CT molecular complexity index is 1750. The standard InChI is InChI=1S/C29H32FN7O6S/c1-18-8-9-24(43-18)27-34-33-25(37(27)26-22(41-2)6-4-7-23(26)42-3)17-44(39,40)21-12-19(28(38)35-10-5-11-35)15-36(16-21)29-31-13-20(30)14-32-29/h4,6-9,13-14,19,21H,5,10-12,15-17H2,1-3H3/t19-,21-/m0/s1. The highest BCUT2D eigenvalue weighted by Gasteiger charge is 2.42. The predicted octanol–water partition coefficient (Wildman–Crippen LogP) is 2.82. The number of carbonyl (C=O) groups is 1. The van der Waals surface area contributed by atoms with E-state index < -0.39 is 32.6 Å². The summed E-state index contributed by atoms with van der Waals surface area (Å²) in [7, 11) is -0.979. The molecule has 5 heterocycles. The Morgan fingerprint density at radius 3 is 2.34 bits per heavy atom. The molecular weight excluding hydrogens is 593 g/mol. The zero-order valence-electron chi connectivity index (χ0n) is 24.5. The van der Waals surface area contributed by atoms with Crippen molar-refractivity contribution in [3.63, 3.8) is 0 Å². The molecule has 3 aromatic heterocycles. The molecule has 1 amide bonds. The summed E-state index contributed by atoms with van der Waals surface area (Å²) in [5.74, 6) is 0.528. The largest absolute Gasteiger partial charge is 0.494 e. The fourth-order valence-corrected chi connectivity index (χ4v) is 7.34. The number of likely N-dealkylation sites (tertiary alicyclic amines) is 1. The molecule has 0 aliphatic carbocycles. The van der Waals surface area contributed by atoms with Gasteiger partial charge >= 0.3 is 0 Å². The minimum atomic E-state index is -3.98. The van der Waals surface area contributed by atoms with E-state index in [1.165, 1.54) is 14.2 Å². The summed E-state index contributed by atoms with van der Waals surface area (Å²) in [6.45, 7) is 3.31. The lowest BCUT2D eigenvalue weighted by Crippen LogP contribution is -2.54. The Morgan fingerprint density at radius 2 is 1.75 bits per heavy atom. The van der Waals surface area contributed by atoms with Crippen molar-refractivity contribution in [2.24, 2.45) is 5.92 Å². The smallest absolute Gasteiger partial charge is 0.227 e. The summed E-state index contributed by atoms with van der Waals surface area (Å²) in [5.41, 5.74) is 0.410. The van der Waals surface area contributed by atoms with Gasteiger partial charge in [0.15, 0.2) is 27.2 Å². The number of benzene rings is 1. The van der Waals surface area contributed by atoms with Gasteiger partial charge < -0.3 is 23.7 Å². The van der Waals surface area contributed by atoms with Gasteiger partial charge in [-0.2, -0.15) is 0 Å². The van der Waals surface area contributed by atoms with Crippen molar-refractivity contribution >= 4 is 21.7 Å². The number of nitrogens with zero attached hydrogens (tertiary/aromatic N) is 7. The number of hydrogen-bond acceptors (Lipinski definition) is 11. The molecule has 232 valence electrons. The van der Waals surface area contributed by atoms with Gasteiger partial charge in [-0.1, -0.05) is 6.07 Å². The average Bonchev–Trinajstić information content (AvgIpc) is 3.61. The number of anilines is 1. The second kappa shape index (κ2) is 11.9. The summed E-state index contributed by atoms with van der Waals surface area (Å²) < 4.78 is 60.7. The minimum Gasteiger partial charge on any atom is -0.494 e. The lowest BCUT2D eigenvalue weighted by Gasteiger charge is -2.40. The van der Waals surface area contributed by atoms with E-state index in [1.807, 2.05) is 0 Å². The van der Waals surface area contributed by atoms with E-state index >= 15 is 0 Å². The fraction of sp³-hybridized carbons (Fsp3) is 0.414. The SMILES string of the molecule is COc1cccc(OC)c1-n1c(CS(=O)(=O)[C@H]2C[C@H](C(=O)N3CCC3)CN(c3ncc(F)cn3)C2)nnc1-c1ccc(C)o1. The maximum absolute atomic E-state index is 14.2. The van der Waals surface area contributed by atoms with Crippen molar-refractivity contribution in [1.29, 1.82) is 0 Å². The summed E-state index contributed by atoms with van der Waals surface area (Å²) >= 11 is 0. The van der Waals surface area contributed by atoms with Crippen molar-refractivity contribution in [3.8, 4) is 28.8 Å². The number of amides is 1. The normalized spacial score (nSPS) is 18.6. The van der Waals surface area contributed by atoms with Crippen LogP contribution in [0.4, 0.5) is 10.3 Å². The van der Waals surface area contributed by atoms with Gasteiger partial charge in [0.05, 0.1) is 37.8 Å². The fourth-order valence-electron chi connectivity index (χ4n) is 5.63. The van der Waals surface area contributed by atoms with E-state index in [0.29, 0.717) is 41.8 Å². The van der Waals surface area contributed by atoms with Crippen LogP contribution in [-0.4, -0.2) is 89.6 Å². The highest BCUT2D eigenvalue weighted by molar-refractivity contribution is 7.91. The van der Waals surface area contributed by atoms with Crippen LogP contribution in [0.25, 0.3) is 17.3 Å². The van der Waals surface area contributed by atoms with Crippen LogP contribution in [0.1, 0.15) is 24.4 Å². The van der Waals surface area contributed by atoms with E-state index in [-0.39, 0.29) is 43.0 Å². The van der Waals surface area contributed by atoms with Crippen molar-refractivity contribution in [1.82, 2.24) is 29.6 Å². The molecule has 44 heavy (non-hydrogen) atoms. The molecule has 2 aliphatic heterocycles. The van der Waals surface area contributed by atoms with E-state index in [2.05, 4.69) is 20.2 Å². The second-order valence-corrected chi connectivity index (χ2v) is 13.1. The summed E-state index contributed by atoms with van der Waals surface area (Å²) in [6.07, 6.45) is 3.07. The van der Waals surface area contributed by atoms with Crippen LogP contribution in [-0.2, 0) is 20.4 Å². The molecule has 2 aliphatic rings. The van der Waals surface area contributed by atoms with Crippen molar-refractivity contribution in [3.05, 3.63) is 60.1 Å². The maximum Gasteiger partial charge on any atom is 0.227 e. The molecule has 1 aromatic carbocycles. The number of aromatic nitrogens is 5. The Kier molecular flexibility index (Phi) is 7.97. The molecule has 6 rings (SSSR count). The average molecular weight is 626 g/mol. The number of hydrogen-bond donors (Lipinski definition) is 0. The zero-order valence-corrected chi connectivity index (χ0v) is 25.3. The first-order chi connectivity index (χ1) is 21.2. The van der Waals surface area contributed by atoms with Gasteiger partial charge in [-0.05, 0) is 44.0 Å². The predicted molar refractivity (Wildman–Crippen MR) is 157 cm³/mol. The third-order valence-electron chi connectivity index (χ3n) is 7.97. The first-order valence-electron chi connectivity index (χ1n) is 14.1. The molecule has 0 saturated carbocycles. The number of piperidine rings is 1. The van der Waals surface area contributed by atoms with Gasteiger partial charge in [0.1, 0.15) is 28.7 Å². The number of sulfone groups is 1. The van der Waals surface area contributed by atoms with Crippen LogP contribution in [0.5, 0.6) is 11.5 Å². The molecule has 4 aromatic rings. The molecule has 2 atom stereocenters. The third-order valence-corrected chi connectivity index (χ3v) is 9.99. The van der Waals surface area contributed by atoms with Crippen LogP contribution in [0, 0.1) is 18.7 Å². The molecule has 0 unspecified atom stereocenters. The van der Waals surface area contributed by atoms with Gasteiger partial charge in [0.25, 0.3) is 0 Å². The topological polar surface area (TPSA) is 146 Å².